The van der Waals surface area contributed by atoms with E-state index in [4.69, 9.17) is 0 Å². The number of aliphatic hydroxyl groups is 1. The minimum Gasteiger partial charge on any atom is -0.389 e. The number of nitrogens with zero attached hydrogens (tertiary/aromatic N) is 1. The normalized spacial score (nSPS) is 13.8. The molecule has 1 rings (SSSR count). The molecular formula is C11H14F3NO3S. The Balaban J connectivity index is 3.26. The van der Waals surface area contributed by atoms with Crippen molar-refractivity contribution in [2.45, 2.75) is 30.6 Å². The molecule has 1 N–H and O–H groups in total. The molecule has 8 heteroatoms. The minimum atomic E-state index is -5.10. The van der Waals surface area contributed by atoms with Crippen molar-refractivity contribution < 1.29 is 26.7 Å². The van der Waals surface area contributed by atoms with Crippen LogP contribution >= 0.6 is 0 Å². The Kier molecular flexibility index (Phi) is 4.28. The fourth-order valence-corrected chi connectivity index (χ4v) is 2.90. The van der Waals surface area contributed by atoms with E-state index >= 15 is 0 Å². The third kappa shape index (κ3) is 4.19. The molecule has 4 nitrogen and oxygen atoms in total. The molecule has 0 saturated heterocycles. The van der Waals surface area contributed by atoms with Crippen LogP contribution in [0.2, 0.25) is 0 Å². The molecule has 0 spiro atoms. The first-order valence-electron chi connectivity index (χ1n) is 5.31. The molecule has 0 saturated carbocycles. The van der Waals surface area contributed by atoms with E-state index in [0.717, 1.165) is 26.0 Å². The van der Waals surface area contributed by atoms with Gasteiger partial charge in [0, 0.05) is 0 Å². The van der Waals surface area contributed by atoms with Gasteiger partial charge in [0.1, 0.15) is 0 Å². The van der Waals surface area contributed by atoms with Gasteiger partial charge in [0.2, 0.25) is 10.0 Å². The lowest BCUT2D eigenvalue weighted by Gasteiger charge is -2.29. The van der Waals surface area contributed by atoms with Crippen molar-refractivity contribution in [1.82, 2.24) is 4.31 Å². The smallest absolute Gasteiger partial charge is 0.389 e. The van der Waals surface area contributed by atoms with E-state index in [2.05, 4.69) is 0 Å². The van der Waals surface area contributed by atoms with E-state index in [0.29, 0.717) is 0 Å². The van der Waals surface area contributed by atoms with E-state index in [-0.39, 0.29) is 0 Å². The maximum atomic E-state index is 12.9. The quantitative estimate of drug-likeness (QED) is 0.864. The Bertz CT molecular complexity index is 520. The molecule has 108 valence electrons. The third-order valence-electron chi connectivity index (χ3n) is 2.14. The minimum absolute atomic E-state index is 0.475. The number of sulfonamides is 1. The summed E-state index contributed by atoms with van der Waals surface area (Å²) in [5.41, 5.74) is -1.81. The average Bonchev–Trinajstić information content (AvgIpc) is 2.24. The van der Waals surface area contributed by atoms with Crippen LogP contribution in [0.1, 0.15) is 13.8 Å². The summed E-state index contributed by atoms with van der Waals surface area (Å²) in [6.07, 6.45) is -5.10. The molecule has 0 aliphatic heterocycles. The molecule has 0 aliphatic carbocycles. The Hall–Kier alpha value is -1.12. The van der Waals surface area contributed by atoms with Crippen molar-refractivity contribution in [2.75, 3.05) is 6.54 Å². The summed E-state index contributed by atoms with van der Waals surface area (Å²) in [7, 11) is -4.74. The summed E-state index contributed by atoms with van der Waals surface area (Å²) < 4.78 is 61.8. The van der Waals surface area contributed by atoms with Crippen LogP contribution in [0.4, 0.5) is 13.2 Å². The van der Waals surface area contributed by atoms with E-state index in [1.165, 1.54) is 18.2 Å². The zero-order valence-electron chi connectivity index (χ0n) is 10.3. The predicted octanol–water partition coefficient (Wildman–Crippen LogP) is 1.97. The monoisotopic (exact) mass is 297 g/mol. The molecule has 0 atom stereocenters. The van der Waals surface area contributed by atoms with Crippen molar-refractivity contribution in [2.24, 2.45) is 0 Å². The molecule has 0 bridgehead atoms. The lowest BCUT2D eigenvalue weighted by Crippen LogP contribution is -2.49. The van der Waals surface area contributed by atoms with Crippen molar-refractivity contribution in [3.05, 3.63) is 30.3 Å². The molecule has 0 heterocycles. The Morgan fingerprint density at radius 2 is 1.63 bits per heavy atom. The van der Waals surface area contributed by atoms with Crippen LogP contribution in [-0.2, 0) is 10.0 Å². The van der Waals surface area contributed by atoms with Crippen LogP contribution < -0.4 is 0 Å². The zero-order chi connectivity index (χ0) is 14.9. The fraction of sp³-hybridized carbons (Fsp3) is 0.455. The van der Waals surface area contributed by atoms with Gasteiger partial charge in [-0.05, 0) is 26.0 Å². The van der Waals surface area contributed by atoms with Gasteiger partial charge in [0.05, 0.1) is 17.0 Å². The van der Waals surface area contributed by atoms with Gasteiger partial charge >= 0.3 is 6.30 Å². The van der Waals surface area contributed by atoms with Gasteiger partial charge in [-0.1, -0.05) is 18.2 Å². The van der Waals surface area contributed by atoms with Gasteiger partial charge in [-0.15, -0.1) is 4.31 Å². The third-order valence-corrected chi connectivity index (χ3v) is 3.93. The second-order valence-corrected chi connectivity index (χ2v) is 6.47. The highest BCUT2D eigenvalue weighted by molar-refractivity contribution is 7.89. The first-order chi connectivity index (χ1) is 8.44. The van der Waals surface area contributed by atoms with E-state index in [1.807, 2.05) is 0 Å². The molecular weight excluding hydrogens is 283 g/mol. The Morgan fingerprint density at radius 3 is 2.00 bits per heavy atom. The maximum absolute atomic E-state index is 12.9. The van der Waals surface area contributed by atoms with Crippen molar-refractivity contribution in [3.8, 4) is 0 Å². The summed E-state index contributed by atoms with van der Waals surface area (Å²) in [4.78, 5) is -0.475. The van der Waals surface area contributed by atoms with E-state index < -0.39 is 37.7 Å². The summed E-state index contributed by atoms with van der Waals surface area (Å²) in [6.45, 7) is 1.13. The van der Waals surface area contributed by atoms with E-state index in [1.54, 1.807) is 0 Å². The van der Waals surface area contributed by atoms with Crippen LogP contribution in [0.15, 0.2) is 35.2 Å². The standard InChI is InChI=1S/C11H14F3NO3S/c1-10(2,16)8-15(11(12,13)14)19(17,18)9-6-4-3-5-7-9/h3-7,16H,8H2,1-2H3. The Morgan fingerprint density at radius 1 is 1.16 bits per heavy atom. The molecule has 0 amide bonds. The summed E-state index contributed by atoms with van der Waals surface area (Å²) in [5.74, 6) is 0. The number of hydrogen-bond acceptors (Lipinski definition) is 3. The van der Waals surface area contributed by atoms with Gasteiger partial charge in [-0.2, -0.15) is 13.2 Å². The SMILES string of the molecule is CC(C)(O)CN(C(F)(F)F)S(=O)(=O)c1ccccc1. The summed E-state index contributed by atoms with van der Waals surface area (Å²) in [5, 5.41) is 9.46. The molecule has 0 aliphatic rings. The van der Waals surface area contributed by atoms with Gasteiger partial charge in [-0.3, -0.25) is 0 Å². The van der Waals surface area contributed by atoms with Crippen molar-refractivity contribution in [3.63, 3.8) is 0 Å². The van der Waals surface area contributed by atoms with Crippen LogP contribution in [0, 0.1) is 0 Å². The van der Waals surface area contributed by atoms with Gasteiger partial charge < -0.3 is 5.11 Å². The molecule has 1 aromatic rings. The first-order valence-corrected chi connectivity index (χ1v) is 6.75. The van der Waals surface area contributed by atoms with Crippen LogP contribution in [0.5, 0.6) is 0 Å². The molecule has 19 heavy (non-hydrogen) atoms. The van der Waals surface area contributed by atoms with Gasteiger partial charge in [-0.25, -0.2) is 8.42 Å². The first kappa shape index (κ1) is 15.9. The van der Waals surface area contributed by atoms with Crippen LogP contribution in [-0.4, -0.2) is 36.3 Å². The van der Waals surface area contributed by atoms with Gasteiger partial charge in [0.15, 0.2) is 0 Å². The molecule has 0 aromatic heterocycles. The summed E-state index contributed by atoms with van der Waals surface area (Å²) in [6, 6.07) is 6.28. The topological polar surface area (TPSA) is 57.6 Å². The highest BCUT2D eigenvalue weighted by atomic mass is 32.2. The molecule has 0 unspecified atom stereocenters. The lowest BCUT2D eigenvalue weighted by atomic mass is 10.1. The predicted molar refractivity (Wildman–Crippen MR) is 62.7 cm³/mol. The number of alkyl halides is 3. The van der Waals surface area contributed by atoms with E-state index in [9.17, 15) is 26.7 Å². The highest BCUT2D eigenvalue weighted by Crippen LogP contribution is 2.30. The fourth-order valence-electron chi connectivity index (χ4n) is 1.38. The number of rotatable bonds is 4. The molecule has 0 radical (unpaired) electrons. The highest BCUT2D eigenvalue weighted by Gasteiger charge is 2.48. The molecule has 0 fully saturated rings. The van der Waals surface area contributed by atoms with Crippen molar-refractivity contribution in [1.29, 1.82) is 0 Å². The number of benzene rings is 1. The average molecular weight is 297 g/mol. The Labute approximate surface area is 109 Å². The largest absolute Gasteiger partial charge is 0.473 e. The van der Waals surface area contributed by atoms with Crippen LogP contribution in [0.3, 0.4) is 0 Å². The number of hydrogen-bond donors (Lipinski definition) is 1. The maximum Gasteiger partial charge on any atom is 0.473 e. The van der Waals surface area contributed by atoms with Crippen LogP contribution in [0.25, 0.3) is 0 Å². The number of halogens is 3. The second kappa shape index (κ2) is 5.10. The molecule has 1 aromatic carbocycles. The summed E-state index contributed by atoms with van der Waals surface area (Å²) >= 11 is 0. The zero-order valence-corrected chi connectivity index (χ0v) is 11.2. The second-order valence-electron chi connectivity index (χ2n) is 4.60. The lowest BCUT2D eigenvalue weighted by molar-refractivity contribution is -0.219. The van der Waals surface area contributed by atoms with Gasteiger partial charge in [0.25, 0.3) is 0 Å². The van der Waals surface area contributed by atoms with Crippen molar-refractivity contribution >= 4 is 10.0 Å².